The molecule has 0 spiro atoms. The van der Waals surface area contributed by atoms with Gasteiger partial charge in [0.2, 0.25) is 5.91 Å². The van der Waals surface area contributed by atoms with Crippen LogP contribution in [0.15, 0.2) is 28.0 Å². The third kappa shape index (κ3) is 4.49. The van der Waals surface area contributed by atoms with E-state index in [-0.39, 0.29) is 29.3 Å². The van der Waals surface area contributed by atoms with Crippen LogP contribution in [0.2, 0.25) is 0 Å². The lowest BCUT2D eigenvalue weighted by Gasteiger charge is -2.32. The van der Waals surface area contributed by atoms with Crippen molar-refractivity contribution in [1.29, 1.82) is 0 Å². The molecule has 184 valence electrons. The molecule has 35 heavy (non-hydrogen) atoms. The van der Waals surface area contributed by atoms with Crippen molar-refractivity contribution in [1.82, 2.24) is 14.3 Å². The molecule has 3 fully saturated rings. The van der Waals surface area contributed by atoms with E-state index >= 15 is 0 Å². The Balaban J connectivity index is 1.57. The summed E-state index contributed by atoms with van der Waals surface area (Å²) in [7, 11) is 0. The van der Waals surface area contributed by atoms with E-state index in [1.54, 1.807) is 17.2 Å². The first kappa shape index (κ1) is 24.0. The third-order valence-electron chi connectivity index (χ3n) is 7.30. The molecule has 4 heterocycles. The smallest absolute Gasteiger partial charge is 0.267 e. The number of amides is 2. The van der Waals surface area contributed by atoms with Crippen LogP contribution in [0.3, 0.4) is 0 Å². The Morgan fingerprint density at radius 1 is 1.17 bits per heavy atom. The molecule has 3 aliphatic rings. The largest absolute Gasteiger partial charge is 0.369 e. The molecule has 2 N–H and O–H groups in total. The summed E-state index contributed by atoms with van der Waals surface area (Å²) in [5, 5.41) is 0. The molecule has 8 nitrogen and oxygen atoms in total. The van der Waals surface area contributed by atoms with Gasteiger partial charge in [-0.25, -0.2) is 4.98 Å². The fourth-order valence-electron chi connectivity index (χ4n) is 5.31. The van der Waals surface area contributed by atoms with Gasteiger partial charge in [-0.3, -0.25) is 23.7 Å². The molecule has 0 radical (unpaired) electrons. The number of thioether (sulfide) groups is 1. The van der Waals surface area contributed by atoms with Crippen LogP contribution >= 0.6 is 24.0 Å². The Hall–Kier alpha value is -2.72. The van der Waals surface area contributed by atoms with E-state index in [4.69, 9.17) is 22.9 Å². The lowest BCUT2D eigenvalue weighted by atomic mass is 9.94. The summed E-state index contributed by atoms with van der Waals surface area (Å²) < 4.78 is 2.09. The van der Waals surface area contributed by atoms with E-state index < -0.39 is 0 Å². The summed E-state index contributed by atoms with van der Waals surface area (Å²) in [4.78, 5) is 47.9. The topological polar surface area (TPSA) is 101 Å². The maximum absolute atomic E-state index is 13.7. The summed E-state index contributed by atoms with van der Waals surface area (Å²) in [5.41, 5.74) is 7.12. The second kappa shape index (κ2) is 9.73. The number of carbonyl (C=O) groups excluding carboxylic acids is 2. The Labute approximate surface area is 213 Å². The molecule has 2 saturated heterocycles. The third-order valence-corrected chi connectivity index (χ3v) is 8.63. The van der Waals surface area contributed by atoms with Crippen molar-refractivity contribution >= 4 is 57.7 Å². The Kier molecular flexibility index (Phi) is 6.67. The van der Waals surface area contributed by atoms with E-state index in [1.165, 1.54) is 22.6 Å². The predicted molar refractivity (Wildman–Crippen MR) is 142 cm³/mol. The van der Waals surface area contributed by atoms with Gasteiger partial charge in [0.15, 0.2) is 0 Å². The zero-order chi connectivity index (χ0) is 24.7. The summed E-state index contributed by atoms with van der Waals surface area (Å²) in [5.74, 6) is -0.0578. The van der Waals surface area contributed by atoms with E-state index in [9.17, 15) is 14.4 Å². The Morgan fingerprint density at radius 3 is 2.57 bits per heavy atom. The van der Waals surface area contributed by atoms with Crippen molar-refractivity contribution < 1.29 is 9.59 Å². The number of fused-ring (bicyclic) bond motifs is 1. The first-order valence-electron chi connectivity index (χ1n) is 12.2. The van der Waals surface area contributed by atoms with E-state index in [0.717, 1.165) is 31.2 Å². The van der Waals surface area contributed by atoms with E-state index in [1.807, 2.05) is 24.0 Å². The van der Waals surface area contributed by atoms with Crippen molar-refractivity contribution in [2.24, 2.45) is 11.7 Å². The van der Waals surface area contributed by atoms with Crippen molar-refractivity contribution in [2.45, 2.75) is 57.9 Å². The van der Waals surface area contributed by atoms with Crippen LogP contribution < -0.4 is 16.2 Å². The average Bonchev–Trinajstić information content (AvgIpc) is 3.14. The number of aryl methyl sites for hydroxylation is 1. The first-order chi connectivity index (χ1) is 16.8. The van der Waals surface area contributed by atoms with Crippen LogP contribution in [0.25, 0.3) is 11.7 Å². The molecular formula is C25H29N5O3S2. The molecule has 2 aliphatic heterocycles. The molecule has 0 bridgehead atoms. The number of nitrogens with two attached hydrogens (primary N) is 1. The van der Waals surface area contributed by atoms with Crippen molar-refractivity contribution in [3.05, 3.63) is 44.7 Å². The van der Waals surface area contributed by atoms with Crippen molar-refractivity contribution in [2.75, 3.05) is 18.0 Å². The van der Waals surface area contributed by atoms with Crippen LogP contribution in [0, 0.1) is 12.8 Å². The van der Waals surface area contributed by atoms with Gasteiger partial charge in [0.25, 0.3) is 11.5 Å². The van der Waals surface area contributed by atoms with Gasteiger partial charge in [0.05, 0.1) is 10.5 Å². The number of piperidine rings is 1. The normalized spacial score (nSPS) is 21.5. The Morgan fingerprint density at radius 2 is 1.89 bits per heavy atom. The van der Waals surface area contributed by atoms with Crippen LogP contribution in [0.5, 0.6) is 0 Å². The molecule has 0 aromatic carbocycles. The van der Waals surface area contributed by atoms with Gasteiger partial charge in [-0.2, -0.15) is 0 Å². The van der Waals surface area contributed by atoms with Crippen molar-refractivity contribution in [3.63, 3.8) is 0 Å². The number of aromatic nitrogens is 2. The fraction of sp³-hybridized carbons (Fsp3) is 0.480. The highest BCUT2D eigenvalue weighted by atomic mass is 32.2. The molecule has 10 heteroatoms. The minimum absolute atomic E-state index is 0.126. The van der Waals surface area contributed by atoms with E-state index in [0.29, 0.717) is 52.2 Å². The molecule has 1 aliphatic carbocycles. The molecule has 0 unspecified atom stereocenters. The van der Waals surface area contributed by atoms with Gasteiger partial charge in [-0.15, -0.1) is 0 Å². The lowest BCUT2D eigenvalue weighted by Crippen LogP contribution is -2.40. The molecule has 0 atom stereocenters. The van der Waals surface area contributed by atoms with Gasteiger partial charge in [0.1, 0.15) is 15.8 Å². The summed E-state index contributed by atoms with van der Waals surface area (Å²) in [6.45, 7) is 3.04. The quantitative estimate of drug-likeness (QED) is 0.497. The highest BCUT2D eigenvalue weighted by Crippen LogP contribution is 2.38. The SMILES string of the molecule is Cc1cccn2c(=O)c(C=C3SC(=S)N(C4CCCCC4)C3=O)c(N3CCC(C(N)=O)CC3)nc12. The zero-order valence-electron chi connectivity index (χ0n) is 19.7. The summed E-state index contributed by atoms with van der Waals surface area (Å²) >= 11 is 6.85. The van der Waals surface area contributed by atoms with Gasteiger partial charge in [0, 0.05) is 31.2 Å². The van der Waals surface area contributed by atoms with Gasteiger partial charge >= 0.3 is 0 Å². The molecule has 2 aromatic rings. The standard InChI is InChI=1S/C25H29N5O3S2/c1-15-6-5-11-29-21(15)27-22(28-12-9-16(10-13-28)20(26)31)18(23(29)32)14-19-24(33)30(25(34)35-19)17-7-3-2-4-8-17/h5-6,11,14,16-17H,2-4,7-10,12-13H2,1H3,(H2,26,31). The number of hydrogen-bond acceptors (Lipinski definition) is 7. The number of pyridine rings is 1. The molecule has 2 aromatic heterocycles. The lowest BCUT2D eigenvalue weighted by molar-refractivity contribution is -0.124. The monoisotopic (exact) mass is 511 g/mol. The average molecular weight is 512 g/mol. The highest BCUT2D eigenvalue weighted by Gasteiger charge is 2.38. The summed E-state index contributed by atoms with van der Waals surface area (Å²) in [6, 6.07) is 3.86. The van der Waals surface area contributed by atoms with Crippen LogP contribution in [0.4, 0.5) is 5.82 Å². The van der Waals surface area contributed by atoms with Crippen molar-refractivity contribution in [3.8, 4) is 0 Å². The second-order valence-corrected chi connectivity index (χ2v) is 11.2. The van der Waals surface area contributed by atoms with Gasteiger partial charge in [-0.05, 0) is 50.3 Å². The van der Waals surface area contributed by atoms with Crippen LogP contribution in [0.1, 0.15) is 56.1 Å². The fourth-order valence-corrected chi connectivity index (χ4v) is 6.69. The highest BCUT2D eigenvalue weighted by molar-refractivity contribution is 8.26. The molecule has 2 amide bonds. The summed E-state index contributed by atoms with van der Waals surface area (Å²) in [6.07, 6.45) is 9.88. The number of nitrogens with zero attached hydrogens (tertiary/aromatic N) is 4. The number of primary amides is 1. The molecule has 5 rings (SSSR count). The minimum Gasteiger partial charge on any atom is -0.369 e. The second-order valence-electron chi connectivity index (χ2n) is 9.55. The first-order valence-corrected chi connectivity index (χ1v) is 13.4. The van der Waals surface area contributed by atoms with Gasteiger partial charge < -0.3 is 10.6 Å². The van der Waals surface area contributed by atoms with Crippen LogP contribution in [-0.2, 0) is 9.59 Å². The molecule has 1 saturated carbocycles. The number of rotatable bonds is 4. The van der Waals surface area contributed by atoms with E-state index in [2.05, 4.69) is 0 Å². The number of thiocarbonyl (C=S) groups is 1. The Bertz CT molecular complexity index is 1290. The number of hydrogen-bond donors (Lipinski definition) is 1. The maximum atomic E-state index is 13.7. The number of carbonyl (C=O) groups is 2. The maximum Gasteiger partial charge on any atom is 0.267 e. The minimum atomic E-state index is -0.293. The van der Waals surface area contributed by atoms with Crippen LogP contribution in [-0.4, -0.2) is 49.6 Å². The van der Waals surface area contributed by atoms with Gasteiger partial charge in [-0.1, -0.05) is 49.3 Å². The predicted octanol–water partition coefficient (Wildman–Crippen LogP) is 3.24. The number of anilines is 1. The molecular weight excluding hydrogens is 482 g/mol. The zero-order valence-corrected chi connectivity index (χ0v) is 21.4.